The van der Waals surface area contributed by atoms with Gasteiger partial charge in [-0.05, 0) is 48.7 Å². The van der Waals surface area contributed by atoms with Gasteiger partial charge < -0.3 is 15.2 Å². The molecule has 6 heteroatoms. The van der Waals surface area contributed by atoms with Crippen LogP contribution in [0.3, 0.4) is 0 Å². The third-order valence-corrected chi connectivity index (χ3v) is 4.48. The van der Waals surface area contributed by atoms with E-state index in [0.717, 1.165) is 36.5 Å². The Kier molecular flexibility index (Phi) is 6.35. The van der Waals surface area contributed by atoms with Crippen LogP contribution in [0.25, 0.3) is 11.0 Å². The largest absolute Gasteiger partial charge is 0.356 e. The van der Waals surface area contributed by atoms with Crippen LogP contribution in [0.1, 0.15) is 30.6 Å². The Bertz CT molecular complexity index is 902. The first-order valence-corrected chi connectivity index (χ1v) is 9.65. The van der Waals surface area contributed by atoms with Gasteiger partial charge in [0.2, 0.25) is 5.95 Å². The Morgan fingerprint density at radius 3 is 2.59 bits per heavy atom. The topological polar surface area (TPSA) is 59.0 Å². The summed E-state index contributed by atoms with van der Waals surface area (Å²) in [7, 11) is 0. The smallest absolute Gasteiger partial charge is 0.251 e. The number of nitrogens with zero attached hydrogens (tertiary/aromatic N) is 2. The monoisotopic (exact) mass is 384 g/mol. The predicted octanol–water partition coefficient (Wildman–Crippen LogP) is 4.58. The molecule has 27 heavy (non-hydrogen) atoms. The van der Waals surface area contributed by atoms with Crippen molar-refractivity contribution in [2.75, 3.05) is 18.4 Å². The van der Waals surface area contributed by atoms with E-state index in [-0.39, 0.29) is 5.91 Å². The Morgan fingerprint density at radius 1 is 1.11 bits per heavy atom. The SMILES string of the molecule is CC(C)Cn1c(NCCCNC(=O)c2ccc(Cl)cc2)nc2ccccc21. The highest BCUT2D eigenvalue weighted by Crippen LogP contribution is 2.21. The molecule has 3 aromatic rings. The van der Waals surface area contributed by atoms with Crippen molar-refractivity contribution in [2.24, 2.45) is 5.92 Å². The second kappa shape index (κ2) is 8.91. The van der Waals surface area contributed by atoms with Crippen LogP contribution >= 0.6 is 11.6 Å². The summed E-state index contributed by atoms with van der Waals surface area (Å²) in [6, 6.07) is 15.1. The van der Waals surface area contributed by atoms with E-state index in [1.54, 1.807) is 24.3 Å². The van der Waals surface area contributed by atoms with Gasteiger partial charge >= 0.3 is 0 Å². The molecule has 0 spiro atoms. The van der Waals surface area contributed by atoms with Gasteiger partial charge in [0.1, 0.15) is 0 Å². The Labute approximate surface area is 164 Å². The van der Waals surface area contributed by atoms with Crippen molar-refractivity contribution in [1.29, 1.82) is 0 Å². The number of hydrogen-bond donors (Lipinski definition) is 2. The molecule has 1 aromatic heterocycles. The molecule has 0 fully saturated rings. The Morgan fingerprint density at radius 2 is 1.85 bits per heavy atom. The minimum Gasteiger partial charge on any atom is -0.356 e. The standard InChI is InChI=1S/C21H25ClN4O/c1-15(2)14-26-19-7-4-3-6-18(19)25-21(26)24-13-5-12-23-20(27)16-8-10-17(22)11-9-16/h3-4,6-11,15H,5,12-14H2,1-2H3,(H,23,27)(H,24,25). The molecule has 0 aliphatic heterocycles. The molecule has 5 nitrogen and oxygen atoms in total. The molecule has 2 N–H and O–H groups in total. The van der Waals surface area contributed by atoms with Crippen LogP contribution in [-0.4, -0.2) is 28.5 Å². The molecule has 0 aliphatic carbocycles. The summed E-state index contributed by atoms with van der Waals surface area (Å²) in [4.78, 5) is 16.8. The molecule has 142 valence electrons. The summed E-state index contributed by atoms with van der Waals surface area (Å²) in [6.07, 6.45) is 0.810. The van der Waals surface area contributed by atoms with Crippen LogP contribution in [0.4, 0.5) is 5.95 Å². The molecule has 0 atom stereocenters. The number of imidazole rings is 1. The fourth-order valence-electron chi connectivity index (χ4n) is 2.95. The lowest BCUT2D eigenvalue weighted by Crippen LogP contribution is -2.26. The van der Waals surface area contributed by atoms with Crippen molar-refractivity contribution in [1.82, 2.24) is 14.9 Å². The van der Waals surface area contributed by atoms with Gasteiger partial charge in [0, 0.05) is 30.2 Å². The van der Waals surface area contributed by atoms with E-state index in [9.17, 15) is 4.79 Å². The first-order valence-electron chi connectivity index (χ1n) is 9.27. The number of hydrogen-bond acceptors (Lipinski definition) is 3. The number of carbonyl (C=O) groups excluding carboxylic acids is 1. The van der Waals surface area contributed by atoms with E-state index in [2.05, 4.69) is 35.1 Å². The van der Waals surface area contributed by atoms with Crippen LogP contribution in [-0.2, 0) is 6.54 Å². The third-order valence-electron chi connectivity index (χ3n) is 4.23. The fraction of sp³-hybridized carbons (Fsp3) is 0.333. The number of fused-ring (bicyclic) bond motifs is 1. The molecule has 0 aliphatic rings. The van der Waals surface area contributed by atoms with Crippen molar-refractivity contribution in [3.8, 4) is 0 Å². The van der Waals surface area contributed by atoms with Crippen molar-refractivity contribution in [3.63, 3.8) is 0 Å². The molecule has 1 heterocycles. The Hall–Kier alpha value is -2.53. The highest BCUT2D eigenvalue weighted by atomic mass is 35.5. The zero-order valence-electron chi connectivity index (χ0n) is 15.7. The molecule has 1 amide bonds. The number of amides is 1. The van der Waals surface area contributed by atoms with Gasteiger partial charge in [0.25, 0.3) is 5.91 Å². The van der Waals surface area contributed by atoms with Gasteiger partial charge in [0.15, 0.2) is 0 Å². The van der Waals surface area contributed by atoms with Crippen LogP contribution in [0.2, 0.25) is 5.02 Å². The first-order chi connectivity index (χ1) is 13.0. The van der Waals surface area contributed by atoms with Crippen LogP contribution in [0.15, 0.2) is 48.5 Å². The van der Waals surface area contributed by atoms with E-state index >= 15 is 0 Å². The maximum atomic E-state index is 12.1. The number of anilines is 1. The highest BCUT2D eigenvalue weighted by molar-refractivity contribution is 6.30. The number of nitrogens with one attached hydrogen (secondary N) is 2. The lowest BCUT2D eigenvalue weighted by molar-refractivity contribution is 0.0953. The summed E-state index contributed by atoms with van der Waals surface area (Å²) in [5.41, 5.74) is 2.76. The molecule has 0 saturated carbocycles. The summed E-state index contributed by atoms with van der Waals surface area (Å²) in [5, 5.41) is 6.97. The minimum atomic E-state index is -0.0845. The van der Waals surface area contributed by atoms with E-state index in [4.69, 9.17) is 16.6 Å². The van der Waals surface area contributed by atoms with Crippen molar-refractivity contribution < 1.29 is 4.79 Å². The normalized spacial score (nSPS) is 11.1. The minimum absolute atomic E-state index is 0.0845. The van der Waals surface area contributed by atoms with Gasteiger partial charge in [-0.25, -0.2) is 4.98 Å². The van der Waals surface area contributed by atoms with Gasteiger partial charge in [-0.15, -0.1) is 0 Å². The summed E-state index contributed by atoms with van der Waals surface area (Å²) < 4.78 is 2.23. The van der Waals surface area contributed by atoms with Gasteiger partial charge in [-0.2, -0.15) is 0 Å². The van der Waals surface area contributed by atoms with Crippen LogP contribution in [0.5, 0.6) is 0 Å². The van der Waals surface area contributed by atoms with Gasteiger partial charge in [-0.3, -0.25) is 4.79 Å². The van der Waals surface area contributed by atoms with Crippen molar-refractivity contribution in [3.05, 3.63) is 59.1 Å². The number of carbonyl (C=O) groups is 1. The van der Waals surface area contributed by atoms with Crippen molar-refractivity contribution in [2.45, 2.75) is 26.8 Å². The number of halogens is 1. The second-order valence-corrected chi connectivity index (χ2v) is 7.41. The lowest BCUT2D eigenvalue weighted by Gasteiger charge is -2.13. The average Bonchev–Trinajstić information content (AvgIpc) is 2.99. The Balaban J connectivity index is 1.53. The zero-order valence-corrected chi connectivity index (χ0v) is 16.5. The van der Waals surface area contributed by atoms with Crippen LogP contribution in [0, 0.1) is 5.92 Å². The van der Waals surface area contributed by atoms with E-state index in [1.807, 2.05) is 18.2 Å². The first kappa shape index (κ1) is 19.2. The molecule has 0 bridgehead atoms. The number of aromatic nitrogens is 2. The maximum absolute atomic E-state index is 12.1. The molecule has 0 unspecified atom stereocenters. The fourth-order valence-corrected chi connectivity index (χ4v) is 3.08. The second-order valence-electron chi connectivity index (χ2n) is 6.97. The summed E-state index contributed by atoms with van der Waals surface area (Å²) in [5.74, 6) is 1.33. The van der Waals surface area contributed by atoms with Crippen LogP contribution < -0.4 is 10.6 Å². The molecular weight excluding hydrogens is 360 g/mol. The van der Waals surface area contributed by atoms with Gasteiger partial charge in [-0.1, -0.05) is 37.6 Å². The number of rotatable bonds is 8. The lowest BCUT2D eigenvalue weighted by atomic mass is 10.2. The van der Waals surface area contributed by atoms with E-state index in [0.29, 0.717) is 23.0 Å². The van der Waals surface area contributed by atoms with Crippen molar-refractivity contribution >= 4 is 34.5 Å². The average molecular weight is 385 g/mol. The molecule has 2 aromatic carbocycles. The summed E-state index contributed by atoms with van der Waals surface area (Å²) in [6.45, 7) is 6.65. The quantitative estimate of drug-likeness (QED) is 0.559. The maximum Gasteiger partial charge on any atom is 0.251 e. The molecule has 0 saturated heterocycles. The predicted molar refractivity (Wildman–Crippen MR) is 111 cm³/mol. The molecule has 3 rings (SSSR count). The van der Waals surface area contributed by atoms with Gasteiger partial charge in [0.05, 0.1) is 11.0 Å². The third kappa shape index (κ3) is 5.01. The van der Waals surface area contributed by atoms with E-state index < -0.39 is 0 Å². The number of para-hydroxylation sites is 2. The molecule has 0 radical (unpaired) electrons. The summed E-state index contributed by atoms with van der Waals surface area (Å²) >= 11 is 5.85. The zero-order chi connectivity index (χ0) is 19.2. The van der Waals surface area contributed by atoms with E-state index in [1.165, 1.54) is 0 Å². The molecular formula is C21H25ClN4O. The highest BCUT2D eigenvalue weighted by Gasteiger charge is 2.11. The number of benzene rings is 2.